The van der Waals surface area contributed by atoms with Crippen molar-refractivity contribution in [3.8, 4) is 0 Å². The molecule has 2 rings (SSSR count). The second-order valence-corrected chi connectivity index (χ2v) is 5.05. The van der Waals surface area contributed by atoms with Crippen molar-refractivity contribution in [1.82, 2.24) is 4.98 Å². The van der Waals surface area contributed by atoms with Crippen LogP contribution in [0.5, 0.6) is 0 Å². The second kappa shape index (κ2) is 4.90. The van der Waals surface area contributed by atoms with E-state index >= 15 is 0 Å². The molecule has 3 nitrogen and oxygen atoms in total. The van der Waals surface area contributed by atoms with Crippen LogP contribution in [0.2, 0.25) is 0 Å². The molecule has 0 spiro atoms. The summed E-state index contributed by atoms with van der Waals surface area (Å²) in [6.07, 6.45) is 0.804. The predicted octanol–water partition coefficient (Wildman–Crippen LogP) is 3.17. The van der Waals surface area contributed by atoms with E-state index in [-0.39, 0.29) is 5.82 Å². The number of pyridine rings is 1. The Morgan fingerprint density at radius 2 is 2.06 bits per heavy atom. The first-order valence-electron chi connectivity index (χ1n) is 6.07. The van der Waals surface area contributed by atoms with E-state index in [4.69, 9.17) is 5.84 Å². The first kappa shape index (κ1) is 12.8. The van der Waals surface area contributed by atoms with Crippen LogP contribution < -0.4 is 11.3 Å². The quantitative estimate of drug-likeness (QED) is 0.647. The van der Waals surface area contributed by atoms with Gasteiger partial charge in [-0.3, -0.25) is 5.84 Å². The summed E-state index contributed by atoms with van der Waals surface area (Å²) in [5, 5.41) is 0.725. The minimum atomic E-state index is -0.299. The maximum Gasteiger partial charge on any atom is 0.149 e. The Balaban J connectivity index is 2.67. The molecule has 0 bridgehead atoms. The van der Waals surface area contributed by atoms with Gasteiger partial charge in [-0.1, -0.05) is 13.8 Å². The average Bonchev–Trinajstić information content (AvgIpc) is 2.28. The molecule has 0 aliphatic carbocycles. The van der Waals surface area contributed by atoms with Crippen molar-refractivity contribution in [3.63, 3.8) is 0 Å². The van der Waals surface area contributed by atoms with Crippen molar-refractivity contribution in [2.45, 2.75) is 27.2 Å². The van der Waals surface area contributed by atoms with E-state index in [1.807, 2.05) is 19.1 Å². The maximum absolute atomic E-state index is 13.9. The average molecular weight is 247 g/mol. The van der Waals surface area contributed by atoms with Crippen LogP contribution in [0.4, 0.5) is 10.1 Å². The van der Waals surface area contributed by atoms with Crippen molar-refractivity contribution in [3.05, 3.63) is 35.3 Å². The van der Waals surface area contributed by atoms with Gasteiger partial charge >= 0.3 is 0 Å². The van der Waals surface area contributed by atoms with Gasteiger partial charge in [0.05, 0.1) is 5.69 Å². The Labute approximate surface area is 106 Å². The lowest BCUT2D eigenvalue weighted by molar-refractivity contribution is 0.625. The summed E-state index contributed by atoms with van der Waals surface area (Å²) >= 11 is 0. The lowest BCUT2D eigenvalue weighted by atomic mass is 10.0. The van der Waals surface area contributed by atoms with Crippen molar-refractivity contribution >= 4 is 16.6 Å². The molecule has 0 aliphatic heterocycles. The lowest BCUT2D eigenvalue weighted by Gasteiger charge is -2.11. The summed E-state index contributed by atoms with van der Waals surface area (Å²) in [6.45, 7) is 6.06. The predicted molar refractivity (Wildman–Crippen MR) is 72.8 cm³/mol. The normalized spacial score (nSPS) is 11.2. The zero-order valence-electron chi connectivity index (χ0n) is 10.9. The van der Waals surface area contributed by atoms with Crippen LogP contribution in [-0.4, -0.2) is 4.98 Å². The molecule has 1 aromatic carbocycles. The third kappa shape index (κ3) is 2.43. The summed E-state index contributed by atoms with van der Waals surface area (Å²) in [7, 11) is 0. The van der Waals surface area contributed by atoms with Gasteiger partial charge in [-0.25, -0.2) is 9.37 Å². The molecule has 0 aliphatic rings. The maximum atomic E-state index is 13.9. The van der Waals surface area contributed by atoms with E-state index < -0.39 is 0 Å². The molecule has 0 radical (unpaired) electrons. The minimum Gasteiger partial charge on any atom is -0.323 e. The van der Waals surface area contributed by atoms with E-state index in [2.05, 4.69) is 24.3 Å². The Kier molecular flexibility index (Phi) is 3.48. The number of hydrogen-bond acceptors (Lipinski definition) is 3. The van der Waals surface area contributed by atoms with Crippen LogP contribution in [-0.2, 0) is 6.42 Å². The van der Waals surface area contributed by atoms with Crippen LogP contribution in [0.15, 0.2) is 18.2 Å². The smallest absolute Gasteiger partial charge is 0.149 e. The number of hydrazine groups is 1. The first-order valence-corrected chi connectivity index (χ1v) is 6.07. The van der Waals surface area contributed by atoms with Crippen LogP contribution in [0, 0.1) is 18.7 Å². The van der Waals surface area contributed by atoms with Gasteiger partial charge < -0.3 is 5.43 Å². The Hall–Kier alpha value is -1.68. The summed E-state index contributed by atoms with van der Waals surface area (Å²) in [6, 6.07) is 5.27. The van der Waals surface area contributed by atoms with Crippen LogP contribution in [0.25, 0.3) is 10.9 Å². The highest BCUT2D eigenvalue weighted by Crippen LogP contribution is 2.26. The fraction of sp³-hybridized carbons (Fsp3) is 0.357. The van der Waals surface area contributed by atoms with Gasteiger partial charge in [0.1, 0.15) is 11.3 Å². The Morgan fingerprint density at radius 1 is 1.33 bits per heavy atom. The monoisotopic (exact) mass is 247 g/mol. The summed E-state index contributed by atoms with van der Waals surface area (Å²) in [5.41, 5.74) is 5.44. The summed E-state index contributed by atoms with van der Waals surface area (Å²) in [4.78, 5) is 4.39. The molecule has 1 heterocycles. The molecule has 0 unspecified atom stereocenters. The summed E-state index contributed by atoms with van der Waals surface area (Å²) in [5.74, 6) is 5.68. The molecule has 2 aromatic rings. The van der Waals surface area contributed by atoms with E-state index in [0.29, 0.717) is 11.4 Å². The largest absolute Gasteiger partial charge is 0.323 e. The minimum absolute atomic E-state index is 0.299. The van der Waals surface area contributed by atoms with Crippen molar-refractivity contribution in [2.75, 3.05) is 5.43 Å². The number of nitrogens with one attached hydrogen (secondary N) is 1. The lowest BCUT2D eigenvalue weighted by Crippen LogP contribution is -2.09. The van der Waals surface area contributed by atoms with Crippen LogP contribution in [0.3, 0.4) is 0 Å². The van der Waals surface area contributed by atoms with Gasteiger partial charge in [-0.2, -0.15) is 0 Å². The van der Waals surface area contributed by atoms with Gasteiger partial charge in [-0.05, 0) is 43.0 Å². The number of fused-ring (bicyclic) bond motifs is 1. The van der Waals surface area contributed by atoms with Crippen molar-refractivity contribution in [2.24, 2.45) is 11.8 Å². The van der Waals surface area contributed by atoms with Crippen LogP contribution >= 0.6 is 0 Å². The molecule has 4 heteroatoms. The fourth-order valence-electron chi connectivity index (χ4n) is 2.12. The number of nitrogens with two attached hydrogens (primary N) is 1. The fourth-order valence-corrected chi connectivity index (χ4v) is 2.12. The highest BCUT2D eigenvalue weighted by molar-refractivity contribution is 5.92. The molecular weight excluding hydrogens is 229 g/mol. The molecule has 0 amide bonds. The van der Waals surface area contributed by atoms with Gasteiger partial charge in [0.2, 0.25) is 0 Å². The SMILES string of the molecule is Cc1cc(F)c2nc(CC(C)C)cc(NN)c2c1. The molecule has 3 N–H and O–H groups in total. The molecule has 0 fully saturated rings. The second-order valence-electron chi connectivity index (χ2n) is 5.05. The number of aryl methyl sites for hydroxylation is 1. The zero-order chi connectivity index (χ0) is 13.3. The van der Waals surface area contributed by atoms with E-state index in [1.165, 1.54) is 6.07 Å². The number of benzene rings is 1. The molecule has 0 atom stereocenters. The van der Waals surface area contributed by atoms with E-state index in [0.717, 1.165) is 28.8 Å². The molecular formula is C14H18FN3. The Morgan fingerprint density at radius 3 is 2.67 bits per heavy atom. The topological polar surface area (TPSA) is 50.9 Å². The van der Waals surface area contributed by atoms with Crippen molar-refractivity contribution in [1.29, 1.82) is 0 Å². The number of halogens is 1. The number of anilines is 1. The highest BCUT2D eigenvalue weighted by Gasteiger charge is 2.11. The Bertz CT molecular complexity index is 579. The first-order chi connectivity index (χ1) is 8.51. The van der Waals surface area contributed by atoms with E-state index in [1.54, 1.807) is 0 Å². The molecule has 0 saturated heterocycles. The standard InChI is InChI=1S/C14H18FN3/c1-8(2)4-10-7-13(18-16)11-5-9(3)6-12(15)14(11)17-10/h5-8H,4,16H2,1-3H3,(H,17,18). The van der Waals surface area contributed by atoms with Gasteiger partial charge in [0, 0.05) is 11.1 Å². The number of hydrogen-bond donors (Lipinski definition) is 2. The molecule has 18 heavy (non-hydrogen) atoms. The third-order valence-electron chi connectivity index (χ3n) is 2.84. The molecule has 0 saturated carbocycles. The van der Waals surface area contributed by atoms with Gasteiger partial charge in [0.25, 0.3) is 0 Å². The van der Waals surface area contributed by atoms with Gasteiger partial charge in [-0.15, -0.1) is 0 Å². The molecule has 96 valence electrons. The highest BCUT2D eigenvalue weighted by atomic mass is 19.1. The van der Waals surface area contributed by atoms with E-state index in [9.17, 15) is 4.39 Å². The number of aromatic nitrogens is 1. The van der Waals surface area contributed by atoms with Gasteiger partial charge in [0.15, 0.2) is 0 Å². The number of rotatable bonds is 3. The number of nitrogens with zero attached hydrogens (tertiary/aromatic N) is 1. The zero-order valence-corrected chi connectivity index (χ0v) is 10.9. The van der Waals surface area contributed by atoms with Crippen LogP contribution in [0.1, 0.15) is 25.1 Å². The van der Waals surface area contributed by atoms with Crippen molar-refractivity contribution < 1.29 is 4.39 Å². The third-order valence-corrected chi connectivity index (χ3v) is 2.84. The number of nitrogen functional groups attached to an aromatic ring is 1. The summed E-state index contributed by atoms with van der Waals surface area (Å²) < 4.78 is 13.9. The molecule has 1 aromatic heterocycles.